The lowest BCUT2D eigenvalue weighted by Crippen LogP contribution is -2.56. The van der Waals surface area contributed by atoms with Crippen molar-refractivity contribution in [3.63, 3.8) is 0 Å². The Hall–Kier alpha value is -1.66. The van der Waals surface area contributed by atoms with Gasteiger partial charge in [0.25, 0.3) is 0 Å². The van der Waals surface area contributed by atoms with Gasteiger partial charge >= 0.3 is 5.97 Å². The molecule has 1 aliphatic rings. The molecule has 1 saturated carbocycles. The minimum Gasteiger partial charge on any atom is -0.493 e. The van der Waals surface area contributed by atoms with E-state index >= 15 is 0 Å². The monoisotopic (exact) mass is 350 g/mol. The third-order valence-electron chi connectivity index (χ3n) is 4.98. The first-order valence-corrected chi connectivity index (χ1v) is 9.01. The number of nitrogens with two attached hydrogens (primary N) is 1. The largest absolute Gasteiger partial charge is 0.493 e. The van der Waals surface area contributed by atoms with E-state index in [1.54, 1.807) is 18.3 Å². The van der Waals surface area contributed by atoms with E-state index in [1.807, 2.05) is 13.8 Å². The zero-order chi connectivity index (χ0) is 18.6. The average Bonchev–Trinajstić information content (AvgIpc) is 3.22. The van der Waals surface area contributed by atoms with Gasteiger partial charge in [-0.1, -0.05) is 20.8 Å². The fourth-order valence-corrected chi connectivity index (χ4v) is 3.12. The molecule has 1 heterocycles. The number of carboxylic acid groups (broad SMARTS) is 1. The number of aromatic nitrogens is 1. The predicted molar refractivity (Wildman–Crippen MR) is 95.3 cm³/mol. The molecule has 25 heavy (non-hydrogen) atoms. The van der Waals surface area contributed by atoms with E-state index in [0.717, 1.165) is 18.3 Å². The normalized spacial score (nSPS) is 23.1. The number of carboxylic acids is 1. The van der Waals surface area contributed by atoms with E-state index in [9.17, 15) is 15.0 Å². The molecule has 0 aliphatic heterocycles. The van der Waals surface area contributed by atoms with Gasteiger partial charge in [0.05, 0.1) is 6.61 Å². The summed E-state index contributed by atoms with van der Waals surface area (Å²) in [5, 5.41) is 20.1. The maximum Gasteiger partial charge on any atom is 0.337 e. The SMILES string of the molecule is CC(C)C[C@H](N)[C@](O)(Cc1cc(OCCC2CC2C)ccn1)C(=O)O. The maximum atomic E-state index is 11.6. The highest BCUT2D eigenvalue weighted by atomic mass is 16.5. The number of hydrogen-bond donors (Lipinski definition) is 3. The van der Waals surface area contributed by atoms with Gasteiger partial charge in [0, 0.05) is 30.4 Å². The Morgan fingerprint density at radius 3 is 2.76 bits per heavy atom. The summed E-state index contributed by atoms with van der Waals surface area (Å²) in [4.78, 5) is 15.8. The summed E-state index contributed by atoms with van der Waals surface area (Å²) in [6.07, 6.45) is 4.13. The third-order valence-corrected chi connectivity index (χ3v) is 4.98. The first-order valence-electron chi connectivity index (χ1n) is 9.01. The van der Waals surface area contributed by atoms with Gasteiger partial charge in [-0.3, -0.25) is 4.98 Å². The first kappa shape index (κ1) is 19.7. The highest BCUT2D eigenvalue weighted by Crippen LogP contribution is 2.40. The number of hydrogen-bond acceptors (Lipinski definition) is 5. The molecule has 0 saturated heterocycles. The predicted octanol–water partition coefficient (Wildman–Crippen LogP) is 2.24. The minimum absolute atomic E-state index is 0.146. The standard InChI is InChI=1S/C19H30N2O4/c1-12(2)8-17(20)19(24,18(22)23)11-15-10-16(4-6-21-15)25-7-5-14-9-13(14)3/h4,6,10,12-14,17,24H,5,7-9,11,20H2,1-3H3,(H,22,23)/t13?,14?,17-,19+/m0/s1. The number of aliphatic carboxylic acids is 1. The number of ether oxygens (including phenoxy) is 1. The molecule has 6 nitrogen and oxygen atoms in total. The fraction of sp³-hybridized carbons (Fsp3) is 0.684. The number of nitrogens with zero attached hydrogens (tertiary/aromatic N) is 1. The molecule has 1 fully saturated rings. The van der Waals surface area contributed by atoms with E-state index in [-0.39, 0.29) is 12.3 Å². The van der Waals surface area contributed by atoms with Crippen LogP contribution in [0.25, 0.3) is 0 Å². The van der Waals surface area contributed by atoms with Crippen molar-refractivity contribution in [3.8, 4) is 5.75 Å². The Bertz CT molecular complexity index is 593. The van der Waals surface area contributed by atoms with Gasteiger partial charge in [-0.05, 0) is 43.1 Å². The van der Waals surface area contributed by atoms with Gasteiger partial charge in [0.15, 0.2) is 5.60 Å². The van der Waals surface area contributed by atoms with Crippen LogP contribution in [-0.4, -0.2) is 39.4 Å². The van der Waals surface area contributed by atoms with Crippen LogP contribution in [0.4, 0.5) is 0 Å². The van der Waals surface area contributed by atoms with E-state index in [4.69, 9.17) is 10.5 Å². The third kappa shape index (κ3) is 5.41. The van der Waals surface area contributed by atoms with Gasteiger partial charge in [-0.25, -0.2) is 4.79 Å². The number of pyridine rings is 1. The molecule has 0 radical (unpaired) electrons. The van der Waals surface area contributed by atoms with Crippen LogP contribution in [0, 0.1) is 17.8 Å². The zero-order valence-electron chi connectivity index (χ0n) is 15.3. The molecule has 6 heteroatoms. The van der Waals surface area contributed by atoms with Gasteiger partial charge in [0.2, 0.25) is 0 Å². The molecule has 1 aromatic rings. The second-order valence-electron chi connectivity index (χ2n) is 7.74. The molecule has 2 rings (SSSR count). The zero-order valence-corrected chi connectivity index (χ0v) is 15.3. The second-order valence-corrected chi connectivity index (χ2v) is 7.74. The van der Waals surface area contributed by atoms with E-state index in [1.165, 1.54) is 6.42 Å². The molecule has 0 spiro atoms. The van der Waals surface area contributed by atoms with Crippen LogP contribution in [-0.2, 0) is 11.2 Å². The van der Waals surface area contributed by atoms with Crippen molar-refractivity contribution >= 4 is 5.97 Å². The summed E-state index contributed by atoms with van der Waals surface area (Å²) in [5.74, 6) is 1.06. The first-order chi connectivity index (χ1) is 11.7. The number of aliphatic hydroxyl groups is 1. The van der Waals surface area contributed by atoms with E-state index < -0.39 is 17.6 Å². The highest BCUT2D eigenvalue weighted by molar-refractivity contribution is 5.78. The van der Waals surface area contributed by atoms with Gasteiger partial charge in [-0.2, -0.15) is 0 Å². The molecule has 1 aromatic heterocycles. The van der Waals surface area contributed by atoms with Crippen molar-refractivity contribution in [3.05, 3.63) is 24.0 Å². The van der Waals surface area contributed by atoms with Crippen LogP contribution >= 0.6 is 0 Å². The van der Waals surface area contributed by atoms with Crippen molar-refractivity contribution in [1.82, 2.24) is 4.98 Å². The van der Waals surface area contributed by atoms with Crippen molar-refractivity contribution in [1.29, 1.82) is 0 Å². The minimum atomic E-state index is -2.04. The van der Waals surface area contributed by atoms with E-state index in [0.29, 0.717) is 24.5 Å². The molecule has 1 aliphatic carbocycles. The van der Waals surface area contributed by atoms with Crippen LogP contribution in [0.5, 0.6) is 5.75 Å². The molecule has 4 N–H and O–H groups in total. The topological polar surface area (TPSA) is 106 Å². The van der Waals surface area contributed by atoms with Gasteiger partial charge < -0.3 is 20.7 Å². The summed E-state index contributed by atoms with van der Waals surface area (Å²) < 4.78 is 5.75. The Kier molecular flexibility index (Phi) is 6.41. The number of rotatable bonds is 10. The van der Waals surface area contributed by atoms with Gasteiger partial charge in [-0.15, -0.1) is 0 Å². The van der Waals surface area contributed by atoms with Crippen LogP contribution in [0.3, 0.4) is 0 Å². The lowest BCUT2D eigenvalue weighted by molar-refractivity contribution is -0.161. The summed E-state index contributed by atoms with van der Waals surface area (Å²) in [5.41, 5.74) is 4.40. The lowest BCUT2D eigenvalue weighted by Gasteiger charge is -2.30. The Balaban J connectivity index is 2.00. The van der Waals surface area contributed by atoms with Crippen LogP contribution < -0.4 is 10.5 Å². The van der Waals surface area contributed by atoms with Crippen molar-refractivity contribution in [2.75, 3.05) is 6.61 Å². The maximum absolute atomic E-state index is 11.6. The molecular formula is C19H30N2O4. The fourth-order valence-electron chi connectivity index (χ4n) is 3.12. The Labute approximate surface area is 149 Å². The van der Waals surface area contributed by atoms with Crippen molar-refractivity contribution in [2.24, 2.45) is 23.5 Å². The van der Waals surface area contributed by atoms with Crippen LogP contribution in [0.15, 0.2) is 18.3 Å². The van der Waals surface area contributed by atoms with Gasteiger partial charge in [0.1, 0.15) is 5.75 Å². The lowest BCUT2D eigenvalue weighted by atomic mass is 9.84. The summed E-state index contributed by atoms with van der Waals surface area (Å²) in [6, 6.07) is 2.56. The molecule has 2 unspecified atom stereocenters. The smallest absolute Gasteiger partial charge is 0.337 e. The highest BCUT2D eigenvalue weighted by Gasteiger charge is 2.43. The molecule has 0 amide bonds. The van der Waals surface area contributed by atoms with E-state index in [2.05, 4.69) is 11.9 Å². The van der Waals surface area contributed by atoms with Crippen molar-refractivity contribution < 1.29 is 19.7 Å². The summed E-state index contributed by atoms with van der Waals surface area (Å²) in [6.45, 7) is 6.75. The molecule has 0 aromatic carbocycles. The van der Waals surface area contributed by atoms with Crippen molar-refractivity contribution in [2.45, 2.75) is 58.1 Å². The second kappa shape index (κ2) is 8.15. The molecule has 140 valence electrons. The Morgan fingerprint density at radius 1 is 1.52 bits per heavy atom. The quantitative estimate of drug-likeness (QED) is 0.597. The number of carbonyl (C=O) groups is 1. The summed E-state index contributed by atoms with van der Waals surface area (Å²) >= 11 is 0. The van der Waals surface area contributed by atoms with Crippen LogP contribution in [0.2, 0.25) is 0 Å². The van der Waals surface area contributed by atoms with Crippen LogP contribution in [0.1, 0.15) is 45.7 Å². The molecular weight excluding hydrogens is 320 g/mol. The molecule has 0 bridgehead atoms. The Morgan fingerprint density at radius 2 is 2.20 bits per heavy atom. The average molecular weight is 350 g/mol. The summed E-state index contributed by atoms with van der Waals surface area (Å²) in [7, 11) is 0. The molecule has 4 atom stereocenters.